The first-order chi connectivity index (χ1) is 10.8. The van der Waals surface area contributed by atoms with E-state index >= 15 is 0 Å². The number of rotatable bonds is 2. The summed E-state index contributed by atoms with van der Waals surface area (Å²) in [5.74, 6) is 0.618. The maximum atomic E-state index is 12.5. The van der Waals surface area contributed by atoms with Gasteiger partial charge in [0.2, 0.25) is 0 Å². The molecule has 0 spiro atoms. The molecule has 0 aliphatic carbocycles. The third kappa shape index (κ3) is 3.06. The molecule has 1 amide bonds. The third-order valence-electron chi connectivity index (χ3n) is 4.25. The zero-order valence-electron chi connectivity index (χ0n) is 13.4. The Morgan fingerprint density at radius 3 is 2.61 bits per heavy atom. The van der Waals surface area contributed by atoms with Crippen molar-refractivity contribution >= 4 is 33.2 Å². The highest BCUT2D eigenvalue weighted by Gasteiger charge is 2.30. The first kappa shape index (κ1) is 15.9. The van der Waals surface area contributed by atoms with E-state index in [1.165, 1.54) is 5.56 Å². The highest BCUT2D eigenvalue weighted by molar-refractivity contribution is 9.10. The van der Waals surface area contributed by atoms with Crippen molar-refractivity contribution in [3.63, 3.8) is 0 Å². The summed E-state index contributed by atoms with van der Waals surface area (Å²) in [6.07, 6.45) is 0.0553. The molecule has 2 aromatic rings. The van der Waals surface area contributed by atoms with Crippen LogP contribution in [0, 0.1) is 20.8 Å². The first-order valence-electron chi connectivity index (χ1n) is 7.48. The van der Waals surface area contributed by atoms with Crippen LogP contribution >= 0.6 is 15.9 Å². The van der Waals surface area contributed by atoms with Gasteiger partial charge in [-0.1, -0.05) is 22.0 Å². The molecule has 1 heterocycles. The van der Waals surface area contributed by atoms with E-state index in [1.807, 2.05) is 26.0 Å². The van der Waals surface area contributed by atoms with Crippen molar-refractivity contribution in [2.45, 2.75) is 33.3 Å². The second-order valence-electron chi connectivity index (χ2n) is 6.03. The number of carbonyl (C=O) groups is 1. The Morgan fingerprint density at radius 2 is 1.87 bits per heavy atom. The van der Waals surface area contributed by atoms with Gasteiger partial charge in [-0.3, -0.25) is 4.79 Å². The fourth-order valence-electron chi connectivity index (χ4n) is 2.73. The molecular formula is C18H19BrN2O2. The van der Waals surface area contributed by atoms with Gasteiger partial charge in [0.15, 0.2) is 6.10 Å². The van der Waals surface area contributed by atoms with Gasteiger partial charge in [-0.15, -0.1) is 0 Å². The van der Waals surface area contributed by atoms with Crippen molar-refractivity contribution in [1.29, 1.82) is 0 Å². The number of hydrogen-bond donors (Lipinski definition) is 2. The van der Waals surface area contributed by atoms with E-state index < -0.39 is 6.10 Å². The van der Waals surface area contributed by atoms with E-state index in [-0.39, 0.29) is 5.91 Å². The van der Waals surface area contributed by atoms with E-state index in [9.17, 15) is 4.79 Å². The number of benzene rings is 2. The van der Waals surface area contributed by atoms with Crippen LogP contribution in [-0.2, 0) is 11.2 Å². The summed E-state index contributed by atoms with van der Waals surface area (Å²) in [6, 6.07) is 7.81. The molecule has 1 atom stereocenters. The number of halogens is 1. The summed E-state index contributed by atoms with van der Waals surface area (Å²) in [5, 5.41) is 2.88. The Kier molecular flexibility index (Phi) is 4.06. The Morgan fingerprint density at radius 1 is 1.17 bits per heavy atom. The predicted octanol–water partition coefficient (Wildman–Crippen LogP) is 3.90. The summed E-state index contributed by atoms with van der Waals surface area (Å²) in [7, 11) is 0. The summed E-state index contributed by atoms with van der Waals surface area (Å²) in [5.41, 5.74) is 11.6. The van der Waals surface area contributed by atoms with Crippen LogP contribution in [0.2, 0.25) is 0 Å². The second-order valence-corrected chi connectivity index (χ2v) is 6.94. The van der Waals surface area contributed by atoms with Gasteiger partial charge in [-0.05, 0) is 61.2 Å². The average molecular weight is 375 g/mol. The molecule has 0 radical (unpaired) electrons. The van der Waals surface area contributed by atoms with Crippen molar-refractivity contribution < 1.29 is 9.53 Å². The van der Waals surface area contributed by atoms with E-state index in [0.717, 1.165) is 26.9 Å². The normalized spacial score (nSPS) is 15.9. The van der Waals surface area contributed by atoms with Crippen molar-refractivity contribution in [2.24, 2.45) is 0 Å². The van der Waals surface area contributed by atoms with Crippen molar-refractivity contribution in [3.8, 4) is 5.75 Å². The van der Waals surface area contributed by atoms with Crippen LogP contribution in [0.1, 0.15) is 22.3 Å². The lowest BCUT2D eigenvalue weighted by Gasteiger charge is -2.14. The average Bonchev–Trinajstić information content (AvgIpc) is 2.87. The molecule has 1 aliphatic heterocycles. The van der Waals surface area contributed by atoms with Gasteiger partial charge in [-0.25, -0.2) is 0 Å². The highest BCUT2D eigenvalue weighted by atomic mass is 79.9. The smallest absolute Gasteiger partial charge is 0.265 e. The lowest BCUT2D eigenvalue weighted by Crippen LogP contribution is -2.31. The number of nitrogens with one attached hydrogen (secondary N) is 1. The Bertz CT molecular complexity index is 771. The molecule has 120 valence electrons. The van der Waals surface area contributed by atoms with Gasteiger partial charge < -0.3 is 15.8 Å². The molecule has 0 aromatic heterocycles. The van der Waals surface area contributed by atoms with Gasteiger partial charge in [-0.2, -0.15) is 0 Å². The minimum absolute atomic E-state index is 0.180. The van der Waals surface area contributed by atoms with Gasteiger partial charge >= 0.3 is 0 Å². The fourth-order valence-corrected chi connectivity index (χ4v) is 3.30. The summed E-state index contributed by atoms with van der Waals surface area (Å²) < 4.78 is 6.69. The monoisotopic (exact) mass is 374 g/mol. The van der Waals surface area contributed by atoms with Gasteiger partial charge in [0.1, 0.15) is 5.75 Å². The first-order valence-corrected chi connectivity index (χ1v) is 8.27. The number of ether oxygens (including phenoxy) is 1. The number of nitrogen functional groups attached to an aromatic ring is 1. The molecule has 1 aliphatic rings. The summed E-state index contributed by atoms with van der Waals surface area (Å²) >= 11 is 3.42. The van der Waals surface area contributed by atoms with Gasteiger partial charge in [0.25, 0.3) is 5.91 Å². The Labute approximate surface area is 144 Å². The van der Waals surface area contributed by atoms with Gasteiger partial charge in [0, 0.05) is 10.9 Å². The zero-order valence-corrected chi connectivity index (χ0v) is 15.0. The van der Waals surface area contributed by atoms with Crippen LogP contribution in [-0.4, -0.2) is 12.0 Å². The number of anilines is 2. The quantitative estimate of drug-likeness (QED) is 0.783. The predicted molar refractivity (Wildman–Crippen MR) is 96.0 cm³/mol. The number of carbonyl (C=O) groups excluding carboxylic acids is 1. The highest BCUT2D eigenvalue weighted by Crippen LogP contribution is 2.33. The zero-order chi connectivity index (χ0) is 16.7. The standard InChI is InChI=1S/C18H19BrN2O2/c1-9-4-12-7-16(23-15(12)6-10(9)2)18(22)21-14-8-13(19)5-11(3)17(14)20/h4-6,8,16H,7,20H2,1-3H3,(H,21,22). The molecule has 3 rings (SSSR count). The minimum Gasteiger partial charge on any atom is -0.480 e. The van der Waals surface area contributed by atoms with E-state index in [4.69, 9.17) is 10.5 Å². The Hall–Kier alpha value is -2.01. The molecule has 5 heteroatoms. The molecule has 0 bridgehead atoms. The molecule has 23 heavy (non-hydrogen) atoms. The molecule has 0 fully saturated rings. The number of hydrogen-bond acceptors (Lipinski definition) is 3. The molecule has 2 aromatic carbocycles. The lowest BCUT2D eigenvalue weighted by molar-refractivity contribution is -0.122. The molecular weight excluding hydrogens is 356 g/mol. The van der Waals surface area contributed by atoms with Crippen LogP contribution in [0.5, 0.6) is 5.75 Å². The number of nitrogens with two attached hydrogens (primary N) is 1. The maximum Gasteiger partial charge on any atom is 0.265 e. The van der Waals surface area contributed by atoms with E-state index in [0.29, 0.717) is 17.8 Å². The van der Waals surface area contributed by atoms with Crippen LogP contribution in [0.15, 0.2) is 28.7 Å². The Balaban J connectivity index is 1.79. The minimum atomic E-state index is -0.523. The molecule has 0 saturated heterocycles. The van der Waals surface area contributed by atoms with Crippen molar-refractivity contribution in [1.82, 2.24) is 0 Å². The molecule has 4 nitrogen and oxygen atoms in total. The maximum absolute atomic E-state index is 12.5. The van der Waals surface area contributed by atoms with Crippen molar-refractivity contribution in [2.75, 3.05) is 11.1 Å². The van der Waals surface area contributed by atoms with Gasteiger partial charge in [0.05, 0.1) is 11.4 Å². The topological polar surface area (TPSA) is 64.3 Å². The van der Waals surface area contributed by atoms with E-state index in [2.05, 4.69) is 34.2 Å². The molecule has 3 N–H and O–H groups in total. The van der Waals surface area contributed by atoms with E-state index in [1.54, 1.807) is 6.07 Å². The SMILES string of the molecule is Cc1cc2c(cc1C)OC(C(=O)Nc1cc(Br)cc(C)c1N)C2. The van der Waals surface area contributed by atoms with Crippen LogP contribution < -0.4 is 15.8 Å². The van der Waals surface area contributed by atoms with Crippen LogP contribution in [0.4, 0.5) is 11.4 Å². The number of fused-ring (bicyclic) bond motifs is 1. The van der Waals surface area contributed by atoms with Crippen LogP contribution in [0.3, 0.4) is 0 Å². The number of aryl methyl sites for hydroxylation is 3. The second kappa shape index (κ2) is 5.89. The summed E-state index contributed by atoms with van der Waals surface area (Å²) in [4.78, 5) is 12.5. The number of amides is 1. The molecule has 0 saturated carbocycles. The fraction of sp³-hybridized carbons (Fsp3) is 0.278. The summed E-state index contributed by atoms with van der Waals surface area (Å²) in [6.45, 7) is 6.01. The van der Waals surface area contributed by atoms with Crippen molar-refractivity contribution in [3.05, 3.63) is 51.0 Å². The lowest BCUT2D eigenvalue weighted by atomic mass is 10.0. The molecule has 1 unspecified atom stereocenters. The largest absolute Gasteiger partial charge is 0.480 e. The van der Waals surface area contributed by atoms with Crippen LogP contribution in [0.25, 0.3) is 0 Å². The third-order valence-corrected chi connectivity index (χ3v) is 4.71.